The number of carbonyl (C=O) groups is 1. The van der Waals surface area contributed by atoms with Crippen LogP contribution in [0.3, 0.4) is 0 Å². The second kappa shape index (κ2) is 7.18. The number of hydrogen-bond acceptors (Lipinski definition) is 6. The molecule has 2 aromatic rings. The standard InChI is InChI=1S/C17H20N4O3S/c1-21(16-4-6-25(23,24)12-16)17(22)14-7-15(11-19-10-14)20-9-13-3-2-5-18-8-13/h2-3,5,7-8,10-11,16,20H,4,6,9,12H2,1H3. The monoisotopic (exact) mass is 360 g/mol. The van der Waals surface area contributed by atoms with Crippen molar-refractivity contribution in [3.05, 3.63) is 54.1 Å². The van der Waals surface area contributed by atoms with Crippen LogP contribution in [0.4, 0.5) is 5.69 Å². The number of sulfone groups is 1. The topological polar surface area (TPSA) is 92.3 Å². The Morgan fingerprint density at radius 2 is 2.16 bits per heavy atom. The molecule has 8 heteroatoms. The number of aromatic nitrogens is 2. The largest absolute Gasteiger partial charge is 0.380 e. The van der Waals surface area contributed by atoms with Crippen LogP contribution in [0, 0.1) is 0 Å². The van der Waals surface area contributed by atoms with Crippen molar-refractivity contribution in [2.75, 3.05) is 23.9 Å². The van der Waals surface area contributed by atoms with Crippen LogP contribution in [0.5, 0.6) is 0 Å². The van der Waals surface area contributed by atoms with Crippen LogP contribution in [-0.2, 0) is 16.4 Å². The summed E-state index contributed by atoms with van der Waals surface area (Å²) in [4.78, 5) is 22.3. The zero-order valence-corrected chi connectivity index (χ0v) is 14.7. The molecule has 0 bridgehead atoms. The fourth-order valence-corrected chi connectivity index (χ4v) is 4.59. The molecule has 25 heavy (non-hydrogen) atoms. The lowest BCUT2D eigenvalue weighted by Crippen LogP contribution is -2.37. The molecule has 1 aliphatic heterocycles. The van der Waals surface area contributed by atoms with Gasteiger partial charge in [0.15, 0.2) is 9.84 Å². The minimum Gasteiger partial charge on any atom is -0.380 e. The Hall–Kier alpha value is -2.48. The molecule has 132 valence electrons. The molecular weight excluding hydrogens is 340 g/mol. The predicted molar refractivity (Wildman–Crippen MR) is 95.0 cm³/mol. The molecule has 1 amide bonds. The Kier molecular flexibility index (Phi) is 4.98. The number of rotatable bonds is 5. The third-order valence-electron chi connectivity index (χ3n) is 4.28. The number of amides is 1. The van der Waals surface area contributed by atoms with Gasteiger partial charge >= 0.3 is 0 Å². The van der Waals surface area contributed by atoms with Crippen LogP contribution >= 0.6 is 0 Å². The molecule has 2 aromatic heterocycles. The molecule has 3 rings (SSSR count). The second-order valence-corrected chi connectivity index (χ2v) is 8.38. The number of pyridine rings is 2. The van der Waals surface area contributed by atoms with E-state index < -0.39 is 9.84 Å². The van der Waals surface area contributed by atoms with E-state index in [0.717, 1.165) is 11.3 Å². The Morgan fingerprint density at radius 1 is 1.32 bits per heavy atom. The molecule has 1 fully saturated rings. The van der Waals surface area contributed by atoms with Crippen molar-refractivity contribution in [1.82, 2.24) is 14.9 Å². The summed E-state index contributed by atoms with van der Waals surface area (Å²) in [6.45, 7) is 0.573. The second-order valence-electron chi connectivity index (χ2n) is 6.15. The lowest BCUT2D eigenvalue weighted by Gasteiger charge is -2.23. The molecule has 0 saturated carbocycles. The Morgan fingerprint density at radius 3 is 2.84 bits per heavy atom. The molecule has 1 N–H and O–H groups in total. The van der Waals surface area contributed by atoms with Gasteiger partial charge in [0.25, 0.3) is 5.91 Å². The minimum absolute atomic E-state index is 0.0294. The van der Waals surface area contributed by atoms with Crippen molar-refractivity contribution in [3.63, 3.8) is 0 Å². The smallest absolute Gasteiger partial charge is 0.255 e. The Labute approximate surface area is 147 Å². The molecular formula is C17H20N4O3S. The van der Waals surface area contributed by atoms with Gasteiger partial charge in [-0.2, -0.15) is 0 Å². The van der Waals surface area contributed by atoms with Gasteiger partial charge < -0.3 is 10.2 Å². The van der Waals surface area contributed by atoms with E-state index in [2.05, 4.69) is 15.3 Å². The van der Waals surface area contributed by atoms with Gasteiger partial charge in [0.1, 0.15) is 0 Å². The summed E-state index contributed by atoms with van der Waals surface area (Å²) in [5, 5.41) is 3.21. The van der Waals surface area contributed by atoms with Gasteiger partial charge in [-0.05, 0) is 24.1 Å². The zero-order valence-electron chi connectivity index (χ0n) is 13.9. The van der Waals surface area contributed by atoms with Crippen molar-refractivity contribution in [2.24, 2.45) is 0 Å². The van der Waals surface area contributed by atoms with E-state index in [9.17, 15) is 13.2 Å². The van der Waals surface area contributed by atoms with Crippen molar-refractivity contribution in [2.45, 2.75) is 19.0 Å². The highest BCUT2D eigenvalue weighted by atomic mass is 32.2. The van der Waals surface area contributed by atoms with Gasteiger partial charge in [-0.15, -0.1) is 0 Å². The summed E-state index contributed by atoms with van der Waals surface area (Å²) in [5.41, 5.74) is 2.18. The summed E-state index contributed by atoms with van der Waals surface area (Å²) >= 11 is 0. The highest BCUT2D eigenvalue weighted by Crippen LogP contribution is 2.19. The first-order valence-electron chi connectivity index (χ1n) is 8.00. The maximum Gasteiger partial charge on any atom is 0.255 e. The molecule has 7 nitrogen and oxygen atoms in total. The molecule has 0 aromatic carbocycles. The van der Waals surface area contributed by atoms with Gasteiger partial charge in [0, 0.05) is 44.4 Å². The molecule has 1 atom stereocenters. The van der Waals surface area contributed by atoms with E-state index in [-0.39, 0.29) is 23.5 Å². The number of nitrogens with zero attached hydrogens (tertiary/aromatic N) is 3. The number of nitrogens with one attached hydrogen (secondary N) is 1. The van der Waals surface area contributed by atoms with E-state index in [0.29, 0.717) is 18.5 Å². The summed E-state index contributed by atoms with van der Waals surface area (Å²) < 4.78 is 23.2. The predicted octanol–water partition coefficient (Wildman–Crippen LogP) is 1.35. The van der Waals surface area contributed by atoms with Crippen LogP contribution < -0.4 is 5.32 Å². The summed E-state index contributed by atoms with van der Waals surface area (Å²) in [6, 6.07) is 5.27. The molecule has 0 spiro atoms. The SMILES string of the molecule is CN(C(=O)c1cncc(NCc2cccnc2)c1)C1CCS(=O)(=O)C1. The van der Waals surface area contributed by atoms with Gasteiger partial charge in [0.05, 0.1) is 22.8 Å². The van der Waals surface area contributed by atoms with Crippen molar-refractivity contribution >= 4 is 21.4 Å². The molecule has 3 heterocycles. The van der Waals surface area contributed by atoms with Crippen LogP contribution in [0.15, 0.2) is 43.0 Å². The van der Waals surface area contributed by atoms with E-state index in [1.54, 1.807) is 31.7 Å². The fourth-order valence-electron chi connectivity index (χ4n) is 2.81. The highest BCUT2D eigenvalue weighted by Gasteiger charge is 2.33. The third kappa shape index (κ3) is 4.33. The normalized spacial score (nSPS) is 18.7. The summed E-state index contributed by atoms with van der Waals surface area (Å²) in [7, 11) is -1.39. The quantitative estimate of drug-likeness (QED) is 0.865. The van der Waals surface area contributed by atoms with Gasteiger partial charge in [-0.1, -0.05) is 6.07 Å². The number of carbonyl (C=O) groups excluding carboxylic acids is 1. The average Bonchev–Trinajstić information content (AvgIpc) is 3.00. The van der Waals surface area contributed by atoms with E-state index in [1.165, 1.54) is 11.1 Å². The molecule has 1 unspecified atom stereocenters. The van der Waals surface area contributed by atoms with Gasteiger partial charge in [0.2, 0.25) is 0 Å². The third-order valence-corrected chi connectivity index (χ3v) is 6.03. The minimum atomic E-state index is -3.03. The molecule has 0 radical (unpaired) electrons. The lowest BCUT2D eigenvalue weighted by atomic mass is 10.2. The summed E-state index contributed by atoms with van der Waals surface area (Å²) in [6.07, 6.45) is 7.11. The van der Waals surface area contributed by atoms with Crippen LogP contribution in [0.1, 0.15) is 22.3 Å². The van der Waals surface area contributed by atoms with Crippen molar-refractivity contribution < 1.29 is 13.2 Å². The van der Waals surface area contributed by atoms with E-state index in [4.69, 9.17) is 0 Å². The van der Waals surface area contributed by atoms with Crippen LogP contribution in [0.2, 0.25) is 0 Å². The molecule has 0 aliphatic carbocycles. The maximum absolute atomic E-state index is 12.6. The lowest BCUT2D eigenvalue weighted by molar-refractivity contribution is 0.0747. The first kappa shape index (κ1) is 17.3. The van der Waals surface area contributed by atoms with E-state index >= 15 is 0 Å². The fraction of sp³-hybridized carbons (Fsp3) is 0.353. The maximum atomic E-state index is 12.6. The Bertz CT molecular complexity index is 855. The zero-order chi connectivity index (χ0) is 17.9. The summed E-state index contributed by atoms with van der Waals surface area (Å²) in [5.74, 6) is -0.0541. The van der Waals surface area contributed by atoms with Crippen LogP contribution in [-0.4, -0.2) is 53.8 Å². The first-order chi connectivity index (χ1) is 11.9. The Balaban J connectivity index is 1.67. The van der Waals surface area contributed by atoms with Gasteiger partial charge in [-0.25, -0.2) is 8.42 Å². The van der Waals surface area contributed by atoms with E-state index in [1.807, 2.05) is 12.1 Å². The van der Waals surface area contributed by atoms with Crippen LogP contribution in [0.25, 0.3) is 0 Å². The van der Waals surface area contributed by atoms with Crippen molar-refractivity contribution in [3.8, 4) is 0 Å². The van der Waals surface area contributed by atoms with Gasteiger partial charge in [-0.3, -0.25) is 14.8 Å². The number of hydrogen-bond donors (Lipinski definition) is 1. The first-order valence-corrected chi connectivity index (χ1v) is 9.82. The number of anilines is 1. The average molecular weight is 360 g/mol. The van der Waals surface area contributed by atoms with Crippen molar-refractivity contribution in [1.29, 1.82) is 0 Å². The molecule has 1 saturated heterocycles. The molecule has 1 aliphatic rings. The highest BCUT2D eigenvalue weighted by molar-refractivity contribution is 7.91.